The Hall–Kier alpha value is -2.60. The zero-order chi connectivity index (χ0) is 19.5. The van der Waals surface area contributed by atoms with E-state index in [1.807, 2.05) is 38.1 Å². The lowest BCUT2D eigenvalue weighted by Crippen LogP contribution is -2.51. The van der Waals surface area contributed by atoms with Gasteiger partial charge in [0.15, 0.2) is 5.96 Å². The van der Waals surface area contributed by atoms with Crippen molar-refractivity contribution in [2.45, 2.75) is 40.2 Å². The lowest BCUT2D eigenvalue weighted by molar-refractivity contribution is -0.140. The molecule has 0 bridgehead atoms. The second kappa shape index (κ2) is 7.33. The maximum absolute atomic E-state index is 12.7. The highest BCUT2D eigenvalue weighted by Crippen LogP contribution is 2.33. The summed E-state index contributed by atoms with van der Waals surface area (Å²) in [5.41, 5.74) is 10.9. The number of rotatable bonds is 5. The highest BCUT2D eigenvalue weighted by atomic mass is 16.5. The largest absolute Gasteiger partial charge is 0.425 e. The average molecular weight is 356 g/mol. The molecule has 0 spiro atoms. The molecule has 0 unspecified atom stereocenters. The van der Waals surface area contributed by atoms with Crippen LogP contribution in [-0.4, -0.2) is 24.0 Å². The fourth-order valence-corrected chi connectivity index (χ4v) is 2.37. The third-order valence-corrected chi connectivity index (χ3v) is 3.88. The molecule has 0 heterocycles. The number of carbonyl (C=O) groups is 1. The first-order chi connectivity index (χ1) is 12.0. The van der Waals surface area contributed by atoms with Crippen molar-refractivity contribution >= 4 is 28.4 Å². The van der Waals surface area contributed by atoms with Gasteiger partial charge in [-0.15, -0.1) is 0 Å². The lowest BCUT2D eigenvalue weighted by Gasteiger charge is -2.29. The zero-order valence-corrected chi connectivity index (χ0v) is 16.1. The van der Waals surface area contributed by atoms with E-state index in [-0.39, 0.29) is 17.3 Å². The van der Waals surface area contributed by atoms with Crippen LogP contribution in [-0.2, 0) is 4.79 Å². The Labute approximate surface area is 154 Å². The van der Waals surface area contributed by atoms with Gasteiger partial charge in [-0.2, -0.15) is 0 Å². The van der Waals surface area contributed by atoms with Crippen molar-refractivity contribution in [3.63, 3.8) is 0 Å². The highest BCUT2D eigenvalue weighted by molar-refractivity contribution is 6.00. The van der Waals surface area contributed by atoms with Crippen molar-refractivity contribution in [2.75, 3.05) is 6.54 Å². The molecule has 0 saturated carbocycles. The van der Waals surface area contributed by atoms with E-state index >= 15 is 0 Å². The molecule has 0 atom stereocenters. The number of nitrogens with zero attached hydrogens (tertiary/aromatic N) is 1. The Morgan fingerprint density at radius 3 is 2.23 bits per heavy atom. The van der Waals surface area contributed by atoms with Gasteiger partial charge in [0.05, 0.1) is 5.69 Å². The fourth-order valence-electron chi connectivity index (χ4n) is 2.37. The van der Waals surface area contributed by atoms with Crippen LogP contribution in [0.1, 0.15) is 34.6 Å². The number of nitrogens with one attached hydrogen (secondary N) is 1. The van der Waals surface area contributed by atoms with Crippen LogP contribution in [0.3, 0.4) is 0 Å². The van der Waals surface area contributed by atoms with Gasteiger partial charge in [0.25, 0.3) is 0 Å². The molecule has 0 radical (unpaired) electrons. The number of hydrogen-bond donors (Lipinski definition) is 3. The number of guanidine groups is 1. The molecule has 0 aromatic heterocycles. The van der Waals surface area contributed by atoms with E-state index in [2.05, 4.69) is 31.1 Å². The van der Waals surface area contributed by atoms with Gasteiger partial charge in [0.1, 0.15) is 11.3 Å². The quantitative estimate of drug-likeness (QED) is 0.331. The minimum Gasteiger partial charge on any atom is -0.425 e. The van der Waals surface area contributed by atoms with Crippen molar-refractivity contribution in [1.82, 2.24) is 5.32 Å². The minimum atomic E-state index is -0.813. The molecule has 6 heteroatoms. The lowest BCUT2D eigenvalue weighted by atomic mass is 9.94. The summed E-state index contributed by atoms with van der Waals surface area (Å²) in [6, 6.07) is 11.0. The third-order valence-electron chi connectivity index (χ3n) is 3.88. The number of fused-ring (bicyclic) bond motifs is 1. The summed E-state index contributed by atoms with van der Waals surface area (Å²) in [5, 5.41) is 4.86. The normalized spacial score (nSPS) is 12.0. The van der Waals surface area contributed by atoms with Crippen LogP contribution in [0, 0.1) is 5.41 Å². The van der Waals surface area contributed by atoms with Gasteiger partial charge in [0, 0.05) is 17.3 Å². The maximum Gasteiger partial charge on any atom is 0.331 e. The van der Waals surface area contributed by atoms with Gasteiger partial charge in [-0.3, -0.25) is 0 Å². The number of hydrogen-bond acceptors (Lipinski definition) is 4. The fraction of sp³-hybridized carbons (Fsp3) is 0.400. The van der Waals surface area contributed by atoms with Crippen molar-refractivity contribution in [1.29, 1.82) is 0 Å². The number of aliphatic imine (C=N–C) groups is 1. The summed E-state index contributed by atoms with van der Waals surface area (Å²) in [7, 11) is 0. The van der Waals surface area contributed by atoms with Gasteiger partial charge in [-0.25, -0.2) is 9.79 Å². The molecule has 0 aliphatic rings. The zero-order valence-electron chi connectivity index (χ0n) is 16.1. The maximum atomic E-state index is 12.7. The molecular formula is C20H28N4O2. The summed E-state index contributed by atoms with van der Waals surface area (Å²) in [6.45, 7) is 10.7. The monoisotopic (exact) mass is 356 g/mol. The van der Waals surface area contributed by atoms with E-state index in [4.69, 9.17) is 16.2 Å². The Kier molecular flexibility index (Phi) is 5.56. The predicted octanol–water partition coefficient (Wildman–Crippen LogP) is 3.06. The molecule has 2 aromatic rings. The number of nitrogens with two attached hydrogens (primary N) is 2. The van der Waals surface area contributed by atoms with Crippen molar-refractivity contribution in [3.05, 3.63) is 36.4 Å². The summed E-state index contributed by atoms with van der Waals surface area (Å²) >= 11 is 0. The molecular weight excluding hydrogens is 328 g/mol. The van der Waals surface area contributed by atoms with Gasteiger partial charge < -0.3 is 21.5 Å². The first-order valence-electron chi connectivity index (χ1n) is 8.58. The minimum absolute atomic E-state index is 0.0209. The second-order valence-electron chi connectivity index (χ2n) is 8.09. The summed E-state index contributed by atoms with van der Waals surface area (Å²) in [5.74, 6) is 0.111. The molecule has 0 aliphatic heterocycles. The molecule has 0 fully saturated rings. The Morgan fingerprint density at radius 1 is 1.04 bits per heavy atom. The number of benzene rings is 2. The number of carbonyl (C=O) groups excluding carboxylic acids is 1. The van der Waals surface area contributed by atoms with Gasteiger partial charge >= 0.3 is 5.97 Å². The Morgan fingerprint density at radius 2 is 1.65 bits per heavy atom. The molecule has 26 heavy (non-hydrogen) atoms. The van der Waals surface area contributed by atoms with E-state index in [0.29, 0.717) is 18.0 Å². The van der Waals surface area contributed by atoms with E-state index in [1.54, 1.807) is 12.1 Å². The Bertz CT molecular complexity index is 831. The number of ether oxygens (including phenoxy) is 1. The molecule has 2 rings (SSSR count). The van der Waals surface area contributed by atoms with Crippen LogP contribution in [0.25, 0.3) is 10.8 Å². The second-order valence-corrected chi connectivity index (χ2v) is 8.09. The van der Waals surface area contributed by atoms with E-state index < -0.39 is 5.54 Å². The van der Waals surface area contributed by atoms with E-state index in [9.17, 15) is 4.79 Å². The van der Waals surface area contributed by atoms with Gasteiger partial charge in [-0.1, -0.05) is 45.0 Å². The van der Waals surface area contributed by atoms with Gasteiger partial charge in [0.2, 0.25) is 0 Å². The van der Waals surface area contributed by atoms with Crippen molar-refractivity contribution in [3.8, 4) is 5.75 Å². The van der Waals surface area contributed by atoms with Crippen LogP contribution in [0.2, 0.25) is 0 Å². The summed E-state index contributed by atoms with van der Waals surface area (Å²) in [4.78, 5) is 16.8. The summed E-state index contributed by atoms with van der Waals surface area (Å²) < 4.78 is 5.71. The average Bonchev–Trinajstić information content (AvgIpc) is 2.54. The molecule has 0 aliphatic carbocycles. The highest BCUT2D eigenvalue weighted by Gasteiger charge is 2.31. The summed E-state index contributed by atoms with van der Waals surface area (Å²) in [6.07, 6.45) is 0. The standard InChI is InChI=1S/C20H28N4O2/c1-19(2,3)12-23-20(4,5)17(25)26-16-11-10-15(24-18(21)22)13-8-6-7-9-14(13)16/h6-11,23H,12H2,1-5H3,(H4,21,22,24). The molecule has 6 nitrogen and oxygen atoms in total. The first-order valence-corrected chi connectivity index (χ1v) is 8.58. The van der Waals surface area contributed by atoms with Crippen LogP contribution in [0.5, 0.6) is 5.75 Å². The molecule has 2 aromatic carbocycles. The predicted molar refractivity (Wildman–Crippen MR) is 107 cm³/mol. The number of esters is 1. The van der Waals surface area contributed by atoms with Crippen molar-refractivity contribution < 1.29 is 9.53 Å². The first kappa shape index (κ1) is 19.7. The van der Waals surface area contributed by atoms with E-state index in [1.165, 1.54) is 0 Å². The van der Waals surface area contributed by atoms with E-state index in [0.717, 1.165) is 10.8 Å². The third kappa shape index (κ3) is 4.95. The van der Waals surface area contributed by atoms with Crippen LogP contribution < -0.4 is 21.5 Å². The smallest absolute Gasteiger partial charge is 0.331 e. The van der Waals surface area contributed by atoms with Crippen LogP contribution in [0.15, 0.2) is 41.4 Å². The molecule has 5 N–H and O–H groups in total. The molecule has 140 valence electrons. The van der Waals surface area contributed by atoms with Crippen molar-refractivity contribution in [2.24, 2.45) is 21.9 Å². The Balaban J connectivity index is 2.31. The van der Waals surface area contributed by atoms with Crippen LogP contribution >= 0.6 is 0 Å². The topological polar surface area (TPSA) is 103 Å². The molecule has 0 amide bonds. The molecule has 0 saturated heterocycles. The van der Waals surface area contributed by atoms with Gasteiger partial charge in [-0.05, 0) is 31.4 Å². The SMILES string of the molecule is CC(C)(C)CNC(C)(C)C(=O)Oc1ccc(N=C(N)N)c2ccccc12. The van der Waals surface area contributed by atoms with Crippen LogP contribution in [0.4, 0.5) is 5.69 Å².